The standard InChI is InChI=1S/C21H17N3O3S2/c1-14-7-12-18-19(13-14)28-21(22-18)23-20(25)15-8-10-16(11-9-15)24-29(26,27)17-5-3-2-4-6-17/h2-13,24H,1H3,(H,22,23,25). The molecule has 3 aromatic carbocycles. The highest BCUT2D eigenvalue weighted by Crippen LogP contribution is 2.27. The van der Waals surface area contributed by atoms with Crippen LogP contribution >= 0.6 is 11.3 Å². The molecule has 0 aliphatic carbocycles. The maximum absolute atomic E-state index is 12.5. The Balaban J connectivity index is 1.47. The van der Waals surface area contributed by atoms with E-state index in [1.165, 1.54) is 23.5 Å². The van der Waals surface area contributed by atoms with Crippen LogP contribution in [-0.4, -0.2) is 19.3 Å². The van der Waals surface area contributed by atoms with Gasteiger partial charge in [-0.3, -0.25) is 14.8 Å². The fraction of sp³-hybridized carbons (Fsp3) is 0.0476. The lowest BCUT2D eigenvalue weighted by Crippen LogP contribution is -2.14. The number of nitrogens with zero attached hydrogens (tertiary/aromatic N) is 1. The van der Waals surface area contributed by atoms with Gasteiger partial charge in [-0.2, -0.15) is 0 Å². The lowest BCUT2D eigenvalue weighted by Gasteiger charge is -2.08. The molecule has 29 heavy (non-hydrogen) atoms. The average Bonchev–Trinajstić information content (AvgIpc) is 3.10. The Morgan fingerprint density at radius 1 is 0.966 bits per heavy atom. The molecule has 0 saturated carbocycles. The Morgan fingerprint density at radius 3 is 2.41 bits per heavy atom. The highest BCUT2D eigenvalue weighted by Gasteiger charge is 2.14. The number of anilines is 2. The lowest BCUT2D eigenvalue weighted by molar-refractivity contribution is 0.102. The number of benzene rings is 3. The van der Waals surface area contributed by atoms with Gasteiger partial charge in [0.25, 0.3) is 15.9 Å². The van der Waals surface area contributed by atoms with Crippen LogP contribution in [0.3, 0.4) is 0 Å². The van der Waals surface area contributed by atoms with Crippen molar-refractivity contribution in [1.29, 1.82) is 0 Å². The number of hydrogen-bond donors (Lipinski definition) is 2. The fourth-order valence-electron chi connectivity index (χ4n) is 2.76. The molecule has 0 fully saturated rings. The number of hydrogen-bond acceptors (Lipinski definition) is 5. The zero-order chi connectivity index (χ0) is 20.4. The lowest BCUT2D eigenvalue weighted by atomic mass is 10.2. The molecule has 146 valence electrons. The topological polar surface area (TPSA) is 88.2 Å². The van der Waals surface area contributed by atoms with Crippen molar-refractivity contribution in [2.45, 2.75) is 11.8 Å². The van der Waals surface area contributed by atoms with E-state index < -0.39 is 10.0 Å². The van der Waals surface area contributed by atoms with E-state index in [2.05, 4.69) is 15.0 Å². The molecular formula is C21H17N3O3S2. The van der Waals surface area contributed by atoms with Crippen molar-refractivity contribution in [3.63, 3.8) is 0 Å². The zero-order valence-corrected chi connectivity index (χ0v) is 17.0. The summed E-state index contributed by atoms with van der Waals surface area (Å²) in [5, 5.41) is 3.31. The molecular weight excluding hydrogens is 406 g/mol. The molecule has 0 spiro atoms. The molecule has 0 bridgehead atoms. The molecule has 0 radical (unpaired) electrons. The normalized spacial score (nSPS) is 11.3. The van der Waals surface area contributed by atoms with E-state index in [1.54, 1.807) is 42.5 Å². The van der Waals surface area contributed by atoms with Crippen LogP contribution in [0.1, 0.15) is 15.9 Å². The van der Waals surface area contributed by atoms with Crippen molar-refractivity contribution in [1.82, 2.24) is 4.98 Å². The zero-order valence-electron chi connectivity index (χ0n) is 15.4. The maximum atomic E-state index is 12.5. The van der Waals surface area contributed by atoms with Crippen LogP contribution in [0.5, 0.6) is 0 Å². The molecule has 0 aliphatic heterocycles. The summed E-state index contributed by atoms with van der Waals surface area (Å²) in [6.45, 7) is 2.00. The molecule has 1 heterocycles. The van der Waals surface area contributed by atoms with Crippen molar-refractivity contribution in [2.24, 2.45) is 0 Å². The van der Waals surface area contributed by atoms with Crippen LogP contribution in [0.4, 0.5) is 10.8 Å². The summed E-state index contributed by atoms with van der Waals surface area (Å²) >= 11 is 1.41. The van der Waals surface area contributed by atoms with Crippen molar-refractivity contribution in [2.75, 3.05) is 10.0 Å². The summed E-state index contributed by atoms with van der Waals surface area (Å²) in [6.07, 6.45) is 0. The third kappa shape index (κ3) is 4.28. The SMILES string of the molecule is Cc1ccc2nc(NC(=O)c3ccc(NS(=O)(=O)c4ccccc4)cc3)sc2c1. The van der Waals surface area contributed by atoms with Gasteiger partial charge < -0.3 is 0 Å². The molecule has 6 nitrogen and oxygen atoms in total. The van der Waals surface area contributed by atoms with E-state index in [0.717, 1.165) is 15.8 Å². The molecule has 1 aromatic heterocycles. The van der Waals surface area contributed by atoms with Crippen LogP contribution in [-0.2, 0) is 10.0 Å². The van der Waals surface area contributed by atoms with E-state index in [1.807, 2.05) is 25.1 Å². The second-order valence-electron chi connectivity index (χ2n) is 6.44. The second-order valence-corrected chi connectivity index (χ2v) is 9.15. The van der Waals surface area contributed by atoms with E-state index in [0.29, 0.717) is 16.4 Å². The second kappa shape index (κ2) is 7.65. The van der Waals surface area contributed by atoms with E-state index >= 15 is 0 Å². The minimum Gasteiger partial charge on any atom is -0.298 e. The Labute approximate surface area is 172 Å². The van der Waals surface area contributed by atoms with Gasteiger partial charge in [-0.05, 0) is 61.0 Å². The van der Waals surface area contributed by atoms with Gasteiger partial charge in [0.2, 0.25) is 0 Å². The van der Waals surface area contributed by atoms with Crippen LogP contribution in [0, 0.1) is 6.92 Å². The van der Waals surface area contributed by atoms with Crippen LogP contribution in [0.2, 0.25) is 0 Å². The molecule has 0 atom stereocenters. The first-order chi connectivity index (χ1) is 13.9. The van der Waals surface area contributed by atoms with Crippen molar-refractivity contribution in [3.05, 3.63) is 83.9 Å². The first kappa shape index (κ1) is 19.1. The van der Waals surface area contributed by atoms with Crippen molar-refractivity contribution in [3.8, 4) is 0 Å². The van der Waals surface area contributed by atoms with Gasteiger partial charge in [-0.15, -0.1) is 0 Å². The molecule has 0 unspecified atom stereocenters. The minimum atomic E-state index is -3.67. The van der Waals surface area contributed by atoms with Crippen LogP contribution in [0.25, 0.3) is 10.2 Å². The number of amides is 1. The van der Waals surface area contributed by atoms with Crippen molar-refractivity contribution < 1.29 is 13.2 Å². The molecule has 2 N–H and O–H groups in total. The van der Waals surface area contributed by atoms with E-state index in [4.69, 9.17) is 0 Å². The maximum Gasteiger partial charge on any atom is 0.261 e. The highest BCUT2D eigenvalue weighted by atomic mass is 32.2. The Kier molecular flexibility index (Phi) is 5.04. The number of thiazole rings is 1. The molecule has 8 heteroatoms. The predicted molar refractivity (Wildman–Crippen MR) is 116 cm³/mol. The third-order valence-corrected chi connectivity index (χ3v) is 6.55. The molecule has 4 aromatic rings. The minimum absolute atomic E-state index is 0.174. The van der Waals surface area contributed by atoms with Crippen LogP contribution < -0.4 is 10.0 Å². The fourth-order valence-corrected chi connectivity index (χ4v) is 4.80. The van der Waals surface area contributed by atoms with Gasteiger partial charge in [0.1, 0.15) is 0 Å². The molecule has 0 aliphatic rings. The molecule has 1 amide bonds. The Morgan fingerprint density at radius 2 is 1.69 bits per heavy atom. The number of carbonyl (C=O) groups is 1. The quantitative estimate of drug-likeness (QED) is 0.489. The summed E-state index contributed by atoms with van der Waals surface area (Å²) in [7, 11) is -3.67. The van der Waals surface area contributed by atoms with Gasteiger partial charge in [-0.1, -0.05) is 35.6 Å². The predicted octanol–water partition coefficient (Wildman–Crippen LogP) is 4.66. The summed E-state index contributed by atoms with van der Waals surface area (Å²) in [4.78, 5) is 17.1. The highest BCUT2D eigenvalue weighted by molar-refractivity contribution is 7.92. The van der Waals surface area contributed by atoms with Crippen LogP contribution in [0.15, 0.2) is 77.7 Å². The molecule has 4 rings (SSSR count). The number of nitrogens with one attached hydrogen (secondary N) is 2. The van der Waals surface area contributed by atoms with Crippen molar-refractivity contribution >= 4 is 48.3 Å². The number of fused-ring (bicyclic) bond motifs is 1. The Hall–Kier alpha value is -3.23. The largest absolute Gasteiger partial charge is 0.298 e. The van der Waals surface area contributed by atoms with Gasteiger partial charge in [0.05, 0.1) is 15.1 Å². The third-order valence-electron chi connectivity index (χ3n) is 4.22. The summed E-state index contributed by atoms with van der Waals surface area (Å²) in [5.41, 5.74) is 2.75. The number of aromatic nitrogens is 1. The van der Waals surface area contributed by atoms with E-state index in [-0.39, 0.29) is 10.8 Å². The summed E-state index contributed by atoms with van der Waals surface area (Å²) in [6, 6.07) is 20.3. The van der Waals surface area contributed by atoms with Gasteiger partial charge in [-0.25, -0.2) is 13.4 Å². The summed E-state index contributed by atoms with van der Waals surface area (Å²) < 4.78 is 28.3. The molecule has 0 saturated heterocycles. The first-order valence-electron chi connectivity index (χ1n) is 8.77. The van der Waals surface area contributed by atoms with Gasteiger partial charge in [0.15, 0.2) is 5.13 Å². The smallest absolute Gasteiger partial charge is 0.261 e. The van der Waals surface area contributed by atoms with E-state index in [9.17, 15) is 13.2 Å². The number of carbonyl (C=O) groups excluding carboxylic acids is 1. The monoisotopic (exact) mass is 423 g/mol. The number of rotatable bonds is 5. The first-order valence-corrected chi connectivity index (χ1v) is 11.1. The van der Waals surface area contributed by atoms with Gasteiger partial charge >= 0.3 is 0 Å². The Bertz CT molecular complexity index is 1280. The number of aryl methyl sites for hydroxylation is 1. The average molecular weight is 424 g/mol. The summed E-state index contributed by atoms with van der Waals surface area (Å²) in [5.74, 6) is -0.307. The van der Waals surface area contributed by atoms with Gasteiger partial charge in [0, 0.05) is 11.3 Å². The number of sulfonamides is 1.